The molecule has 0 heterocycles. The molecule has 0 fully saturated rings. The summed E-state index contributed by atoms with van der Waals surface area (Å²) >= 11 is 0. The average molecular weight is 422 g/mol. The Morgan fingerprint density at radius 1 is 0.607 bits per heavy atom. The van der Waals surface area contributed by atoms with Crippen molar-refractivity contribution in [3.63, 3.8) is 0 Å². The van der Waals surface area contributed by atoms with Crippen LogP contribution in [0.1, 0.15) is 16.7 Å². The summed E-state index contributed by atoms with van der Waals surface area (Å²) in [5.41, 5.74) is -12.7. The van der Waals surface area contributed by atoms with Crippen molar-refractivity contribution >= 4 is 0 Å². The molecule has 2 aromatic rings. The zero-order chi connectivity index (χ0) is 21.8. The van der Waals surface area contributed by atoms with Crippen LogP contribution in [0, 0.1) is 37.1 Å². The van der Waals surface area contributed by atoms with Gasteiger partial charge in [0.15, 0.2) is 23.3 Å². The molecule has 0 nitrogen and oxygen atoms in total. The zero-order valence-corrected chi connectivity index (χ0v) is 13.9. The Balaban J connectivity index is 3.12. The van der Waals surface area contributed by atoms with Gasteiger partial charge in [-0.25, -0.2) is 22.0 Å². The first-order valence-corrected chi connectivity index (χ1v) is 7.31. The van der Waals surface area contributed by atoms with Gasteiger partial charge in [0, 0.05) is 11.6 Å². The van der Waals surface area contributed by atoms with Gasteiger partial charge in [-0.15, -0.1) is 0 Å². The van der Waals surface area contributed by atoms with Gasteiger partial charge >= 0.3 is 18.0 Å². The highest BCUT2D eigenvalue weighted by atomic mass is 19.4. The summed E-state index contributed by atoms with van der Waals surface area (Å²) in [5, 5.41) is 0. The minimum absolute atomic E-state index is 0.0744. The van der Waals surface area contributed by atoms with Crippen molar-refractivity contribution in [2.45, 2.75) is 31.9 Å². The molecule has 0 atom stereocenters. The number of benzene rings is 2. The van der Waals surface area contributed by atoms with E-state index in [-0.39, 0.29) is 17.7 Å². The first-order valence-electron chi connectivity index (χ1n) is 7.31. The number of alkyl halides is 7. The van der Waals surface area contributed by atoms with Gasteiger partial charge in [0.25, 0.3) is 0 Å². The number of aryl methyl sites for hydroxylation is 2. The maximum Gasteiger partial charge on any atom is 0.435 e. The minimum Gasteiger partial charge on any atom is -0.218 e. The second-order valence-corrected chi connectivity index (χ2v) is 6.00. The van der Waals surface area contributed by atoms with E-state index in [1.165, 1.54) is 0 Å². The summed E-state index contributed by atoms with van der Waals surface area (Å²) in [4.78, 5) is 0. The molecular formula is C17H9F11. The molecule has 0 unspecified atom stereocenters. The summed E-state index contributed by atoms with van der Waals surface area (Å²) in [7, 11) is 0. The van der Waals surface area contributed by atoms with Gasteiger partial charge in [-0.2, -0.15) is 26.3 Å². The maximum atomic E-state index is 14.6. The predicted molar refractivity (Wildman–Crippen MR) is 76.1 cm³/mol. The lowest BCUT2D eigenvalue weighted by atomic mass is 9.83. The largest absolute Gasteiger partial charge is 0.435 e. The molecule has 0 bridgehead atoms. The van der Waals surface area contributed by atoms with Crippen LogP contribution in [0.5, 0.6) is 0 Å². The Kier molecular flexibility index (Phi) is 5.20. The van der Waals surface area contributed by atoms with E-state index in [2.05, 4.69) is 0 Å². The van der Waals surface area contributed by atoms with Gasteiger partial charge in [0.05, 0.1) is 5.56 Å². The highest BCUT2D eigenvalue weighted by Gasteiger charge is 2.74. The van der Waals surface area contributed by atoms with Crippen LogP contribution in [0.3, 0.4) is 0 Å². The molecule has 0 aliphatic rings. The second kappa shape index (κ2) is 6.63. The summed E-state index contributed by atoms with van der Waals surface area (Å²) in [6.45, 7) is 1.83. The molecular weight excluding hydrogens is 413 g/mol. The van der Waals surface area contributed by atoms with Crippen LogP contribution >= 0.6 is 0 Å². The van der Waals surface area contributed by atoms with Crippen LogP contribution in [-0.2, 0) is 5.67 Å². The van der Waals surface area contributed by atoms with Crippen molar-refractivity contribution in [2.24, 2.45) is 0 Å². The third-order valence-electron chi connectivity index (χ3n) is 3.99. The zero-order valence-electron chi connectivity index (χ0n) is 13.9. The molecule has 2 rings (SSSR count). The van der Waals surface area contributed by atoms with Crippen molar-refractivity contribution in [3.8, 4) is 11.1 Å². The molecule has 0 amide bonds. The number of rotatable bonds is 2. The Hall–Kier alpha value is -2.33. The topological polar surface area (TPSA) is 0 Å². The maximum absolute atomic E-state index is 14.6. The molecule has 0 radical (unpaired) electrons. The highest BCUT2D eigenvalue weighted by Crippen LogP contribution is 2.56. The van der Waals surface area contributed by atoms with Gasteiger partial charge in [-0.05, 0) is 25.0 Å². The number of hydrogen-bond donors (Lipinski definition) is 0. The third-order valence-corrected chi connectivity index (χ3v) is 3.99. The fraction of sp³-hybridized carbons (Fsp3) is 0.294. The first kappa shape index (κ1) is 22.0. The molecule has 28 heavy (non-hydrogen) atoms. The van der Waals surface area contributed by atoms with Crippen LogP contribution in [-0.4, -0.2) is 12.4 Å². The lowest BCUT2D eigenvalue weighted by Gasteiger charge is -2.33. The van der Waals surface area contributed by atoms with E-state index >= 15 is 0 Å². The first-order chi connectivity index (χ1) is 12.5. The standard InChI is InChI=1S/C17H9F11/c1-6-3-7(2)11(12-13(20)9(18)5-10(19)14(12)21)8(4-6)15(22,16(23,24)25)17(26,27)28/h3-5H,1-2H3. The normalized spacial score (nSPS) is 13.2. The van der Waals surface area contributed by atoms with Crippen molar-refractivity contribution in [1.29, 1.82) is 0 Å². The molecule has 11 heteroatoms. The fourth-order valence-electron chi connectivity index (χ4n) is 2.83. The lowest BCUT2D eigenvalue weighted by Crippen LogP contribution is -2.50. The van der Waals surface area contributed by atoms with Gasteiger partial charge in [-0.1, -0.05) is 17.7 Å². The fourth-order valence-corrected chi connectivity index (χ4v) is 2.83. The second-order valence-electron chi connectivity index (χ2n) is 6.00. The van der Waals surface area contributed by atoms with Crippen LogP contribution in [0.4, 0.5) is 48.3 Å². The van der Waals surface area contributed by atoms with E-state index in [1.54, 1.807) is 0 Å². The smallest absolute Gasteiger partial charge is 0.218 e. The van der Waals surface area contributed by atoms with Gasteiger partial charge in [0.2, 0.25) is 0 Å². The van der Waals surface area contributed by atoms with Gasteiger partial charge in [-0.3, -0.25) is 0 Å². The monoisotopic (exact) mass is 422 g/mol. The van der Waals surface area contributed by atoms with Crippen molar-refractivity contribution in [3.05, 3.63) is 58.2 Å². The molecule has 0 aliphatic heterocycles. The van der Waals surface area contributed by atoms with Crippen LogP contribution in [0.2, 0.25) is 0 Å². The van der Waals surface area contributed by atoms with Crippen LogP contribution in [0.25, 0.3) is 11.1 Å². The van der Waals surface area contributed by atoms with Crippen LogP contribution < -0.4 is 0 Å². The van der Waals surface area contributed by atoms with E-state index in [1.807, 2.05) is 0 Å². The Bertz CT molecular complexity index is 882. The Morgan fingerprint density at radius 3 is 1.43 bits per heavy atom. The molecule has 0 spiro atoms. The Labute approximate surface area is 150 Å². The molecule has 0 N–H and O–H groups in total. The van der Waals surface area contributed by atoms with E-state index in [0.717, 1.165) is 19.9 Å². The van der Waals surface area contributed by atoms with Crippen molar-refractivity contribution in [1.82, 2.24) is 0 Å². The molecule has 0 saturated heterocycles. The summed E-state index contributed by atoms with van der Waals surface area (Å²) < 4.78 is 149. The molecule has 2 aromatic carbocycles. The predicted octanol–water partition coefficient (Wildman–Crippen LogP) is 6.82. The summed E-state index contributed by atoms with van der Waals surface area (Å²) in [5.74, 6) is -8.69. The summed E-state index contributed by atoms with van der Waals surface area (Å²) in [6.07, 6.45) is -13.2. The Morgan fingerprint density at radius 2 is 1.04 bits per heavy atom. The van der Waals surface area contributed by atoms with Crippen molar-refractivity contribution in [2.75, 3.05) is 0 Å². The molecule has 0 aromatic heterocycles. The molecule has 154 valence electrons. The van der Waals surface area contributed by atoms with E-state index < -0.39 is 63.5 Å². The molecule has 0 saturated carbocycles. The quantitative estimate of drug-likeness (QED) is 0.368. The van der Waals surface area contributed by atoms with E-state index in [0.29, 0.717) is 0 Å². The molecule has 0 aliphatic carbocycles. The summed E-state index contributed by atoms with van der Waals surface area (Å²) in [6, 6.07) is 0.673. The number of halogens is 11. The van der Waals surface area contributed by atoms with Gasteiger partial charge < -0.3 is 0 Å². The minimum atomic E-state index is -6.60. The van der Waals surface area contributed by atoms with E-state index in [9.17, 15) is 48.3 Å². The third kappa shape index (κ3) is 3.20. The average Bonchev–Trinajstić information content (AvgIpc) is 2.51. The van der Waals surface area contributed by atoms with Crippen molar-refractivity contribution < 1.29 is 48.3 Å². The van der Waals surface area contributed by atoms with Gasteiger partial charge in [0.1, 0.15) is 0 Å². The lowest BCUT2D eigenvalue weighted by molar-refractivity contribution is -0.348. The number of hydrogen-bond acceptors (Lipinski definition) is 0. The van der Waals surface area contributed by atoms with Crippen LogP contribution in [0.15, 0.2) is 18.2 Å². The SMILES string of the molecule is Cc1cc(C)c(-c2c(F)c(F)cc(F)c2F)c(C(F)(C(F)(F)F)C(F)(F)F)c1. The highest BCUT2D eigenvalue weighted by molar-refractivity contribution is 5.74. The van der Waals surface area contributed by atoms with E-state index in [4.69, 9.17) is 0 Å².